The Morgan fingerprint density at radius 2 is 1.85 bits per heavy atom. The van der Waals surface area contributed by atoms with Gasteiger partial charge in [0.1, 0.15) is 12.4 Å². The summed E-state index contributed by atoms with van der Waals surface area (Å²) in [4.78, 5) is 24.6. The van der Waals surface area contributed by atoms with Gasteiger partial charge >= 0.3 is 0 Å². The molecule has 3 rings (SSSR count). The van der Waals surface area contributed by atoms with Gasteiger partial charge in [-0.3, -0.25) is 9.59 Å². The second-order valence-electron chi connectivity index (χ2n) is 6.06. The van der Waals surface area contributed by atoms with E-state index in [4.69, 9.17) is 0 Å². The maximum atomic E-state index is 13.9. The molecule has 1 amide bonds. The molecule has 0 spiro atoms. The highest BCUT2D eigenvalue weighted by Crippen LogP contribution is 2.19. The average molecular weight is 389 g/mol. The molecule has 2 aromatic carbocycles. The summed E-state index contributed by atoms with van der Waals surface area (Å²) in [6.45, 7) is 1.28. The van der Waals surface area contributed by atoms with Gasteiger partial charge in [-0.25, -0.2) is 17.5 Å². The van der Waals surface area contributed by atoms with Crippen molar-refractivity contribution in [1.29, 1.82) is 0 Å². The van der Waals surface area contributed by atoms with Gasteiger partial charge in [0.15, 0.2) is 9.84 Å². The van der Waals surface area contributed by atoms with Crippen molar-refractivity contribution in [2.24, 2.45) is 0 Å². The van der Waals surface area contributed by atoms with Gasteiger partial charge in [-0.05, 0) is 31.2 Å². The highest BCUT2D eigenvalue weighted by Gasteiger charge is 2.15. The normalized spacial score (nSPS) is 11.5. The number of aromatic nitrogens is 2. The number of carbonyl (C=O) groups excluding carboxylic acids is 1. The summed E-state index contributed by atoms with van der Waals surface area (Å²) >= 11 is 0. The number of carbonyl (C=O) groups is 1. The molecule has 0 aliphatic rings. The molecule has 0 saturated carbocycles. The molecule has 9 heteroatoms. The van der Waals surface area contributed by atoms with Gasteiger partial charge in [-0.1, -0.05) is 18.2 Å². The van der Waals surface area contributed by atoms with Gasteiger partial charge < -0.3 is 5.32 Å². The Morgan fingerprint density at radius 3 is 2.52 bits per heavy atom. The topological polar surface area (TPSA) is 98.1 Å². The van der Waals surface area contributed by atoms with Crippen LogP contribution in [0.25, 0.3) is 10.8 Å². The van der Waals surface area contributed by atoms with Gasteiger partial charge in [0.2, 0.25) is 5.91 Å². The maximum absolute atomic E-state index is 13.9. The van der Waals surface area contributed by atoms with Crippen molar-refractivity contribution in [3.05, 3.63) is 64.3 Å². The number of nitrogens with zero attached hydrogens (tertiary/aromatic N) is 2. The fourth-order valence-electron chi connectivity index (χ4n) is 2.67. The first-order valence-corrected chi connectivity index (χ1v) is 9.82. The third-order valence-corrected chi connectivity index (χ3v) is 5.10. The third kappa shape index (κ3) is 3.87. The number of benzene rings is 2. The zero-order valence-electron chi connectivity index (χ0n) is 14.6. The van der Waals surface area contributed by atoms with Crippen molar-refractivity contribution >= 4 is 32.2 Å². The molecule has 0 bridgehead atoms. The van der Waals surface area contributed by atoms with E-state index in [1.165, 1.54) is 0 Å². The van der Waals surface area contributed by atoms with E-state index in [0.29, 0.717) is 16.5 Å². The summed E-state index contributed by atoms with van der Waals surface area (Å²) in [6, 6.07) is 9.98. The number of nitrogens with one attached hydrogen (secondary N) is 1. The molecule has 1 N–H and O–H groups in total. The lowest BCUT2D eigenvalue weighted by atomic mass is 10.1. The van der Waals surface area contributed by atoms with E-state index in [0.717, 1.165) is 29.1 Å². The van der Waals surface area contributed by atoms with E-state index in [1.54, 1.807) is 31.2 Å². The first-order valence-electron chi connectivity index (χ1n) is 7.93. The van der Waals surface area contributed by atoms with E-state index in [1.807, 2.05) is 0 Å². The molecule has 0 radical (unpaired) electrons. The predicted molar refractivity (Wildman–Crippen MR) is 98.9 cm³/mol. The molecule has 1 aromatic heterocycles. The molecule has 140 valence electrons. The molecule has 0 saturated heterocycles. The fraction of sp³-hybridized carbons (Fsp3) is 0.167. The summed E-state index contributed by atoms with van der Waals surface area (Å²) in [5, 5.41) is 7.51. The van der Waals surface area contributed by atoms with Crippen LogP contribution in [-0.4, -0.2) is 30.4 Å². The monoisotopic (exact) mass is 389 g/mol. The highest BCUT2D eigenvalue weighted by atomic mass is 32.2. The zero-order chi connectivity index (χ0) is 19.8. The van der Waals surface area contributed by atoms with E-state index in [2.05, 4.69) is 10.4 Å². The van der Waals surface area contributed by atoms with Crippen LogP contribution in [0.15, 0.2) is 52.2 Å². The summed E-state index contributed by atoms with van der Waals surface area (Å²) in [7, 11) is -3.56. The number of fused-ring (bicyclic) bond motifs is 1. The smallest absolute Gasteiger partial charge is 0.275 e. The van der Waals surface area contributed by atoms with Crippen LogP contribution in [0.2, 0.25) is 0 Å². The van der Waals surface area contributed by atoms with Crippen molar-refractivity contribution in [2.45, 2.75) is 18.4 Å². The second kappa shape index (κ2) is 6.92. The summed E-state index contributed by atoms with van der Waals surface area (Å²) < 4.78 is 38.1. The number of aryl methyl sites for hydroxylation is 1. The van der Waals surface area contributed by atoms with Crippen molar-refractivity contribution in [3.63, 3.8) is 0 Å². The predicted octanol–water partition coefficient (Wildman–Crippen LogP) is 1.89. The molecular weight excluding hydrogens is 373 g/mol. The summed E-state index contributed by atoms with van der Waals surface area (Å²) in [6.07, 6.45) is 0.979. The van der Waals surface area contributed by atoms with Gasteiger partial charge in [0.25, 0.3) is 5.56 Å². The fourth-order valence-corrected chi connectivity index (χ4v) is 3.32. The Labute approximate surface area is 154 Å². The lowest BCUT2D eigenvalue weighted by Crippen LogP contribution is -2.30. The lowest BCUT2D eigenvalue weighted by molar-refractivity contribution is -0.117. The quantitative estimate of drug-likeness (QED) is 0.687. The van der Waals surface area contributed by atoms with Crippen LogP contribution < -0.4 is 10.9 Å². The van der Waals surface area contributed by atoms with Crippen LogP contribution in [0, 0.1) is 12.7 Å². The number of sulfone groups is 1. The lowest BCUT2D eigenvalue weighted by Gasteiger charge is -2.10. The van der Waals surface area contributed by atoms with Crippen molar-refractivity contribution in [2.75, 3.05) is 11.6 Å². The Balaban J connectivity index is 1.90. The van der Waals surface area contributed by atoms with Crippen LogP contribution in [0.1, 0.15) is 5.69 Å². The molecule has 0 aliphatic heterocycles. The van der Waals surface area contributed by atoms with E-state index >= 15 is 0 Å². The van der Waals surface area contributed by atoms with Gasteiger partial charge in [0, 0.05) is 11.6 Å². The van der Waals surface area contributed by atoms with Gasteiger partial charge in [0.05, 0.1) is 21.7 Å². The van der Waals surface area contributed by atoms with E-state index in [9.17, 15) is 22.4 Å². The minimum atomic E-state index is -3.56. The summed E-state index contributed by atoms with van der Waals surface area (Å²) in [5.74, 6) is -1.49. The Hall–Kier alpha value is -3.07. The second-order valence-corrected chi connectivity index (χ2v) is 8.07. The number of halogens is 1. The first kappa shape index (κ1) is 18.7. The molecule has 7 nitrogen and oxygen atoms in total. The molecule has 0 atom stereocenters. The van der Waals surface area contributed by atoms with Gasteiger partial charge in [-0.2, -0.15) is 5.10 Å². The molecule has 3 aromatic rings. The van der Waals surface area contributed by atoms with E-state index in [-0.39, 0.29) is 10.6 Å². The zero-order valence-corrected chi connectivity index (χ0v) is 15.4. The molecule has 0 fully saturated rings. The largest absolute Gasteiger partial charge is 0.322 e. The van der Waals surface area contributed by atoms with Crippen LogP contribution in [-0.2, 0) is 21.2 Å². The molecule has 27 heavy (non-hydrogen) atoms. The standard InChI is InChI=1S/C18H16FN3O4S/c1-11-13-5-3-4-6-14(13)18(24)22(21-11)10-17(23)20-16-9-12(27(2,25)26)7-8-15(16)19/h3-9H,10H2,1-2H3,(H,20,23). The minimum Gasteiger partial charge on any atom is -0.322 e. The first-order chi connectivity index (χ1) is 12.7. The SMILES string of the molecule is Cc1nn(CC(=O)Nc2cc(S(C)(=O)=O)ccc2F)c(=O)c2ccccc12. The van der Waals surface area contributed by atoms with Crippen LogP contribution in [0.3, 0.4) is 0 Å². The number of rotatable bonds is 4. The van der Waals surface area contributed by atoms with Crippen LogP contribution in [0.4, 0.5) is 10.1 Å². The van der Waals surface area contributed by atoms with Crippen molar-refractivity contribution in [1.82, 2.24) is 9.78 Å². The molecule has 0 unspecified atom stereocenters. The number of hydrogen-bond acceptors (Lipinski definition) is 5. The number of amides is 1. The molecular formula is C18H16FN3O4S. The average Bonchev–Trinajstić information content (AvgIpc) is 2.60. The number of hydrogen-bond donors (Lipinski definition) is 1. The van der Waals surface area contributed by atoms with Crippen LogP contribution >= 0.6 is 0 Å². The van der Waals surface area contributed by atoms with E-state index < -0.39 is 33.7 Å². The Kier molecular flexibility index (Phi) is 4.79. The Morgan fingerprint density at radius 1 is 1.19 bits per heavy atom. The summed E-state index contributed by atoms with van der Waals surface area (Å²) in [5.41, 5.74) is -0.159. The molecule has 1 heterocycles. The van der Waals surface area contributed by atoms with Crippen molar-refractivity contribution < 1.29 is 17.6 Å². The third-order valence-electron chi connectivity index (χ3n) is 3.99. The highest BCUT2D eigenvalue weighted by molar-refractivity contribution is 7.90. The Bertz CT molecular complexity index is 1220. The number of anilines is 1. The maximum Gasteiger partial charge on any atom is 0.275 e. The van der Waals surface area contributed by atoms with Gasteiger partial charge in [-0.15, -0.1) is 0 Å². The minimum absolute atomic E-state index is 0.129. The van der Waals surface area contributed by atoms with Crippen molar-refractivity contribution in [3.8, 4) is 0 Å². The van der Waals surface area contributed by atoms with Crippen LogP contribution in [0.5, 0.6) is 0 Å². The molecule has 0 aliphatic carbocycles.